The zero-order chi connectivity index (χ0) is 10.8. The molecule has 15 heavy (non-hydrogen) atoms. The smallest absolute Gasteiger partial charge is 0.345 e. The van der Waals surface area contributed by atoms with Crippen LogP contribution in [0, 0.1) is 11.7 Å². The summed E-state index contributed by atoms with van der Waals surface area (Å²) in [5.41, 5.74) is 0. The zero-order valence-corrected chi connectivity index (χ0v) is 8.02. The average Bonchev–Trinajstić information content (AvgIpc) is 2.99. The van der Waals surface area contributed by atoms with E-state index in [1.54, 1.807) is 6.07 Å². The SMILES string of the molecule is O=C(O)C(Oc1ccccc1F)C1CC1. The number of para-hydroxylation sites is 1. The summed E-state index contributed by atoms with van der Waals surface area (Å²) in [6, 6.07) is 5.84. The normalized spacial score (nSPS) is 17.1. The van der Waals surface area contributed by atoms with Crippen LogP contribution in [0.4, 0.5) is 4.39 Å². The van der Waals surface area contributed by atoms with Crippen molar-refractivity contribution in [1.29, 1.82) is 0 Å². The molecular weight excluding hydrogens is 199 g/mol. The highest BCUT2D eigenvalue weighted by molar-refractivity contribution is 5.73. The third-order valence-corrected chi connectivity index (χ3v) is 2.38. The minimum atomic E-state index is -1.03. The first-order valence-electron chi connectivity index (χ1n) is 4.82. The summed E-state index contributed by atoms with van der Waals surface area (Å²) in [4.78, 5) is 10.8. The lowest BCUT2D eigenvalue weighted by Crippen LogP contribution is -2.29. The predicted molar refractivity (Wildman–Crippen MR) is 51.2 cm³/mol. The van der Waals surface area contributed by atoms with Gasteiger partial charge in [-0.1, -0.05) is 12.1 Å². The van der Waals surface area contributed by atoms with E-state index in [0.29, 0.717) is 0 Å². The summed E-state index contributed by atoms with van der Waals surface area (Å²) < 4.78 is 18.3. The Labute approximate surface area is 86.5 Å². The molecule has 0 heterocycles. The molecule has 0 amide bonds. The van der Waals surface area contributed by atoms with E-state index < -0.39 is 17.9 Å². The summed E-state index contributed by atoms with van der Waals surface area (Å²) in [7, 11) is 0. The number of carbonyl (C=O) groups is 1. The Kier molecular flexibility index (Phi) is 2.58. The molecule has 1 aliphatic rings. The first kappa shape index (κ1) is 9.96. The maximum absolute atomic E-state index is 13.2. The van der Waals surface area contributed by atoms with Crippen molar-refractivity contribution in [2.75, 3.05) is 0 Å². The van der Waals surface area contributed by atoms with Crippen molar-refractivity contribution in [3.8, 4) is 5.75 Å². The van der Waals surface area contributed by atoms with Crippen LogP contribution in [0.3, 0.4) is 0 Å². The zero-order valence-electron chi connectivity index (χ0n) is 8.02. The van der Waals surface area contributed by atoms with Gasteiger partial charge < -0.3 is 9.84 Å². The Hall–Kier alpha value is -1.58. The van der Waals surface area contributed by atoms with Gasteiger partial charge in [0.05, 0.1) is 0 Å². The molecule has 1 aromatic rings. The molecule has 0 radical (unpaired) electrons. The van der Waals surface area contributed by atoms with E-state index in [1.165, 1.54) is 18.2 Å². The minimum absolute atomic E-state index is 0.0109. The lowest BCUT2D eigenvalue weighted by atomic mass is 10.2. The molecule has 0 spiro atoms. The molecule has 1 saturated carbocycles. The first-order chi connectivity index (χ1) is 7.18. The molecule has 4 heteroatoms. The Morgan fingerprint density at radius 1 is 1.47 bits per heavy atom. The number of ether oxygens (including phenoxy) is 1. The molecule has 80 valence electrons. The minimum Gasteiger partial charge on any atom is -0.478 e. The van der Waals surface area contributed by atoms with Crippen molar-refractivity contribution in [2.24, 2.45) is 5.92 Å². The lowest BCUT2D eigenvalue weighted by Gasteiger charge is -2.14. The van der Waals surface area contributed by atoms with Crippen LogP contribution in [0.15, 0.2) is 24.3 Å². The summed E-state index contributed by atoms with van der Waals surface area (Å²) in [5, 5.41) is 8.89. The highest BCUT2D eigenvalue weighted by atomic mass is 19.1. The van der Waals surface area contributed by atoms with Crippen molar-refractivity contribution >= 4 is 5.97 Å². The number of halogens is 1. The fraction of sp³-hybridized carbons (Fsp3) is 0.364. The van der Waals surface area contributed by atoms with E-state index in [9.17, 15) is 9.18 Å². The van der Waals surface area contributed by atoms with Gasteiger partial charge in [0, 0.05) is 5.92 Å². The first-order valence-corrected chi connectivity index (χ1v) is 4.82. The van der Waals surface area contributed by atoms with Gasteiger partial charge in [-0.2, -0.15) is 0 Å². The van der Waals surface area contributed by atoms with Crippen molar-refractivity contribution in [3.63, 3.8) is 0 Å². The van der Waals surface area contributed by atoms with Gasteiger partial charge in [0.15, 0.2) is 17.7 Å². The van der Waals surface area contributed by atoms with Crippen LogP contribution in [0.5, 0.6) is 5.75 Å². The topological polar surface area (TPSA) is 46.5 Å². The highest BCUT2D eigenvalue weighted by Gasteiger charge is 2.38. The van der Waals surface area contributed by atoms with Crippen molar-refractivity contribution in [1.82, 2.24) is 0 Å². The Balaban J connectivity index is 2.12. The lowest BCUT2D eigenvalue weighted by molar-refractivity contribution is -0.146. The van der Waals surface area contributed by atoms with E-state index in [2.05, 4.69) is 0 Å². The quantitative estimate of drug-likeness (QED) is 0.827. The third kappa shape index (κ3) is 2.26. The molecule has 3 nitrogen and oxygen atoms in total. The van der Waals surface area contributed by atoms with Crippen LogP contribution in [-0.4, -0.2) is 17.2 Å². The highest BCUT2D eigenvalue weighted by Crippen LogP contribution is 2.35. The summed E-state index contributed by atoms with van der Waals surface area (Å²) in [6.07, 6.45) is 0.763. The molecule has 2 rings (SSSR count). The van der Waals surface area contributed by atoms with Crippen LogP contribution >= 0.6 is 0 Å². The summed E-state index contributed by atoms with van der Waals surface area (Å²) in [5.74, 6) is -1.51. The van der Waals surface area contributed by atoms with Crippen molar-refractivity contribution < 1.29 is 19.0 Å². The second-order valence-corrected chi connectivity index (χ2v) is 3.64. The monoisotopic (exact) mass is 210 g/mol. The van der Waals surface area contributed by atoms with Crippen molar-refractivity contribution in [2.45, 2.75) is 18.9 Å². The van der Waals surface area contributed by atoms with E-state index in [-0.39, 0.29) is 11.7 Å². The fourth-order valence-electron chi connectivity index (χ4n) is 1.42. The van der Waals surface area contributed by atoms with Gasteiger partial charge in [-0.25, -0.2) is 9.18 Å². The maximum Gasteiger partial charge on any atom is 0.345 e. The number of benzene rings is 1. The van der Waals surface area contributed by atoms with E-state index in [1.807, 2.05) is 0 Å². The Bertz CT molecular complexity index is 374. The van der Waals surface area contributed by atoms with Crippen LogP contribution < -0.4 is 4.74 Å². The van der Waals surface area contributed by atoms with E-state index >= 15 is 0 Å². The van der Waals surface area contributed by atoms with E-state index in [0.717, 1.165) is 12.8 Å². The molecule has 1 unspecified atom stereocenters. The molecule has 0 saturated heterocycles. The van der Waals surface area contributed by atoms with Gasteiger partial charge in [-0.05, 0) is 25.0 Å². The molecule has 1 fully saturated rings. The average molecular weight is 210 g/mol. The fourth-order valence-corrected chi connectivity index (χ4v) is 1.42. The second-order valence-electron chi connectivity index (χ2n) is 3.64. The number of carboxylic acids is 1. The molecule has 0 bridgehead atoms. The largest absolute Gasteiger partial charge is 0.478 e. The molecule has 0 aromatic heterocycles. The molecule has 1 aromatic carbocycles. The standard InChI is InChI=1S/C11H11FO3/c12-8-3-1-2-4-9(8)15-10(11(13)14)7-5-6-7/h1-4,7,10H,5-6H2,(H,13,14). The number of aliphatic carboxylic acids is 1. The van der Waals surface area contributed by atoms with Gasteiger partial charge in [0.1, 0.15) is 0 Å². The van der Waals surface area contributed by atoms with Gasteiger partial charge in [-0.15, -0.1) is 0 Å². The molecule has 1 atom stereocenters. The van der Waals surface area contributed by atoms with Gasteiger partial charge in [-0.3, -0.25) is 0 Å². The molecule has 0 aliphatic heterocycles. The number of rotatable bonds is 4. The van der Waals surface area contributed by atoms with Gasteiger partial charge >= 0.3 is 5.97 Å². The van der Waals surface area contributed by atoms with Crippen LogP contribution in [0.1, 0.15) is 12.8 Å². The Morgan fingerprint density at radius 3 is 2.67 bits per heavy atom. The van der Waals surface area contributed by atoms with Gasteiger partial charge in [0.25, 0.3) is 0 Å². The predicted octanol–water partition coefficient (Wildman–Crippen LogP) is 2.07. The molecular formula is C11H11FO3. The number of carboxylic acid groups (broad SMARTS) is 1. The number of hydrogen-bond donors (Lipinski definition) is 1. The van der Waals surface area contributed by atoms with Crippen LogP contribution in [-0.2, 0) is 4.79 Å². The Morgan fingerprint density at radius 2 is 2.13 bits per heavy atom. The second kappa shape index (κ2) is 3.88. The van der Waals surface area contributed by atoms with E-state index in [4.69, 9.17) is 9.84 Å². The summed E-state index contributed by atoms with van der Waals surface area (Å²) >= 11 is 0. The van der Waals surface area contributed by atoms with Crippen LogP contribution in [0.2, 0.25) is 0 Å². The van der Waals surface area contributed by atoms with Crippen molar-refractivity contribution in [3.05, 3.63) is 30.1 Å². The maximum atomic E-state index is 13.2. The molecule has 1 N–H and O–H groups in total. The number of hydrogen-bond acceptors (Lipinski definition) is 2. The van der Waals surface area contributed by atoms with Crippen LogP contribution in [0.25, 0.3) is 0 Å². The molecule has 1 aliphatic carbocycles. The third-order valence-electron chi connectivity index (χ3n) is 2.38. The summed E-state index contributed by atoms with van der Waals surface area (Å²) in [6.45, 7) is 0. The van der Waals surface area contributed by atoms with Gasteiger partial charge in [0.2, 0.25) is 0 Å².